The Hall–Kier alpha value is -3.93. The molecule has 0 radical (unpaired) electrons. The third-order valence-corrected chi connectivity index (χ3v) is 9.09. The van der Waals surface area contributed by atoms with Crippen LogP contribution in [-0.2, 0) is 0 Å². The molecule has 160 valence electrons. The molecule has 0 N–H and O–H groups in total. The van der Waals surface area contributed by atoms with Crippen molar-refractivity contribution in [3.8, 4) is 11.6 Å². The van der Waals surface area contributed by atoms with E-state index in [1.165, 1.54) is 40.6 Å². The first-order valence-corrected chi connectivity index (χ1v) is 12.9. The SMILES string of the molecule is c1ccc(-n2c(-n3c4ccccc4c4c5sc6ccccc6c5sc43)nc3ccccc32)cc1. The molecule has 0 amide bonds. The van der Waals surface area contributed by atoms with Crippen molar-refractivity contribution in [3.63, 3.8) is 0 Å². The molecule has 0 bridgehead atoms. The lowest BCUT2D eigenvalue weighted by molar-refractivity contribution is 0.960. The third-order valence-electron chi connectivity index (χ3n) is 6.56. The summed E-state index contributed by atoms with van der Waals surface area (Å²) in [7, 11) is 0. The first-order valence-electron chi connectivity index (χ1n) is 11.2. The fourth-order valence-electron chi connectivity index (χ4n) is 5.11. The smallest absolute Gasteiger partial charge is 0.221 e. The van der Waals surface area contributed by atoms with E-state index < -0.39 is 0 Å². The molecule has 0 aliphatic carbocycles. The summed E-state index contributed by atoms with van der Waals surface area (Å²) in [6.45, 7) is 0. The molecule has 4 heterocycles. The zero-order chi connectivity index (χ0) is 22.2. The van der Waals surface area contributed by atoms with Crippen molar-refractivity contribution in [2.24, 2.45) is 0 Å². The highest BCUT2D eigenvalue weighted by molar-refractivity contribution is 7.36. The fourth-order valence-corrected chi connectivity index (χ4v) is 7.91. The highest BCUT2D eigenvalue weighted by Crippen LogP contribution is 2.48. The van der Waals surface area contributed by atoms with Gasteiger partial charge in [-0.05, 0) is 36.4 Å². The van der Waals surface area contributed by atoms with Crippen LogP contribution >= 0.6 is 22.7 Å². The van der Waals surface area contributed by atoms with E-state index in [1.807, 2.05) is 22.7 Å². The molecule has 8 aromatic rings. The normalized spacial score (nSPS) is 12.1. The predicted molar refractivity (Wildman–Crippen MR) is 146 cm³/mol. The first-order chi connectivity index (χ1) is 16.9. The minimum Gasteiger partial charge on any atom is -0.278 e. The van der Waals surface area contributed by atoms with E-state index in [4.69, 9.17) is 4.98 Å². The highest BCUT2D eigenvalue weighted by Gasteiger charge is 2.24. The van der Waals surface area contributed by atoms with Gasteiger partial charge in [0.25, 0.3) is 0 Å². The van der Waals surface area contributed by atoms with Crippen LogP contribution in [0.1, 0.15) is 0 Å². The summed E-state index contributed by atoms with van der Waals surface area (Å²) in [6, 6.07) is 36.4. The quantitative estimate of drug-likeness (QED) is 0.248. The minimum absolute atomic E-state index is 0.928. The van der Waals surface area contributed by atoms with Gasteiger partial charge < -0.3 is 0 Å². The third kappa shape index (κ3) is 2.37. The molecule has 0 atom stereocenters. The van der Waals surface area contributed by atoms with Gasteiger partial charge in [-0.25, -0.2) is 4.98 Å². The number of para-hydroxylation sites is 4. The van der Waals surface area contributed by atoms with Crippen LogP contribution in [0.15, 0.2) is 103 Å². The molecule has 5 heteroatoms. The van der Waals surface area contributed by atoms with Crippen LogP contribution in [0.25, 0.3) is 63.3 Å². The molecular formula is C29H17N3S2. The van der Waals surface area contributed by atoms with Gasteiger partial charge in [-0.1, -0.05) is 66.7 Å². The Balaban J connectivity index is 1.58. The molecular weight excluding hydrogens is 454 g/mol. The maximum atomic E-state index is 5.18. The number of benzene rings is 4. The molecule has 4 aromatic heterocycles. The Labute approximate surface area is 202 Å². The molecule has 0 aliphatic heterocycles. The lowest BCUT2D eigenvalue weighted by Gasteiger charge is -2.11. The van der Waals surface area contributed by atoms with E-state index in [1.54, 1.807) is 0 Å². The van der Waals surface area contributed by atoms with Gasteiger partial charge in [0.2, 0.25) is 5.95 Å². The van der Waals surface area contributed by atoms with Crippen LogP contribution in [0.3, 0.4) is 0 Å². The second-order valence-electron chi connectivity index (χ2n) is 8.46. The summed E-state index contributed by atoms with van der Waals surface area (Å²) in [4.78, 5) is 6.44. The van der Waals surface area contributed by atoms with Crippen molar-refractivity contribution < 1.29 is 0 Å². The average molecular weight is 472 g/mol. The summed E-state index contributed by atoms with van der Waals surface area (Å²) in [5.74, 6) is 0.928. The Morgan fingerprint density at radius 3 is 2.15 bits per heavy atom. The van der Waals surface area contributed by atoms with Crippen molar-refractivity contribution in [3.05, 3.63) is 103 Å². The van der Waals surface area contributed by atoms with Gasteiger partial charge in [0.05, 0.1) is 25.9 Å². The van der Waals surface area contributed by atoms with Crippen molar-refractivity contribution in [2.45, 2.75) is 0 Å². The molecule has 0 saturated heterocycles. The number of nitrogens with zero attached hydrogens (tertiary/aromatic N) is 3. The van der Waals surface area contributed by atoms with Crippen LogP contribution in [-0.4, -0.2) is 14.1 Å². The predicted octanol–water partition coefficient (Wildman–Crippen LogP) is 8.55. The Bertz CT molecular complexity index is 2020. The standard InChI is InChI=1S/C29H17N3S2/c1-2-10-18(11-3-1)31-23-16-8-6-14-21(23)30-29(31)32-22-15-7-4-12-19(22)25-27-26(34-28(25)32)20-13-5-9-17-24(20)33-27/h1-17H. The number of hydrogen-bond acceptors (Lipinski definition) is 3. The molecule has 8 rings (SSSR count). The summed E-state index contributed by atoms with van der Waals surface area (Å²) in [5.41, 5.74) is 4.41. The van der Waals surface area contributed by atoms with Crippen molar-refractivity contribution in [2.75, 3.05) is 0 Å². The van der Waals surface area contributed by atoms with E-state index in [-0.39, 0.29) is 0 Å². The zero-order valence-electron chi connectivity index (χ0n) is 18.0. The first kappa shape index (κ1) is 18.5. The molecule has 4 aromatic carbocycles. The van der Waals surface area contributed by atoms with E-state index in [2.05, 4.69) is 112 Å². The topological polar surface area (TPSA) is 22.8 Å². The van der Waals surface area contributed by atoms with Gasteiger partial charge in [-0.3, -0.25) is 9.13 Å². The maximum Gasteiger partial charge on any atom is 0.221 e. The summed E-state index contributed by atoms with van der Waals surface area (Å²) in [6.07, 6.45) is 0. The van der Waals surface area contributed by atoms with E-state index >= 15 is 0 Å². The van der Waals surface area contributed by atoms with Crippen LogP contribution < -0.4 is 0 Å². The summed E-state index contributed by atoms with van der Waals surface area (Å²) < 4.78 is 8.74. The van der Waals surface area contributed by atoms with Gasteiger partial charge in [0.1, 0.15) is 4.83 Å². The van der Waals surface area contributed by atoms with Gasteiger partial charge >= 0.3 is 0 Å². The number of imidazole rings is 1. The average Bonchev–Trinajstić information content (AvgIpc) is 3.61. The number of hydrogen-bond donors (Lipinski definition) is 0. The van der Waals surface area contributed by atoms with Crippen LogP contribution in [0.4, 0.5) is 0 Å². The van der Waals surface area contributed by atoms with Crippen molar-refractivity contribution in [1.29, 1.82) is 0 Å². The second-order valence-corrected chi connectivity index (χ2v) is 10.5. The Morgan fingerprint density at radius 1 is 0.559 bits per heavy atom. The highest BCUT2D eigenvalue weighted by atomic mass is 32.1. The monoisotopic (exact) mass is 471 g/mol. The molecule has 0 unspecified atom stereocenters. The van der Waals surface area contributed by atoms with Crippen LogP contribution in [0, 0.1) is 0 Å². The van der Waals surface area contributed by atoms with Crippen molar-refractivity contribution >= 4 is 74.3 Å². The van der Waals surface area contributed by atoms with Gasteiger partial charge in [0, 0.05) is 26.5 Å². The molecule has 34 heavy (non-hydrogen) atoms. The number of rotatable bonds is 2. The Morgan fingerprint density at radius 2 is 1.26 bits per heavy atom. The zero-order valence-corrected chi connectivity index (χ0v) is 19.6. The second kappa shape index (κ2) is 6.79. The number of fused-ring (bicyclic) bond motifs is 8. The lowest BCUT2D eigenvalue weighted by atomic mass is 10.2. The lowest BCUT2D eigenvalue weighted by Crippen LogP contribution is -2.04. The van der Waals surface area contributed by atoms with Gasteiger partial charge in [0.15, 0.2) is 0 Å². The fraction of sp³-hybridized carbons (Fsp3) is 0. The number of thiophene rings is 2. The summed E-state index contributed by atoms with van der Waals surface area (Å²) >= 11 is 3.78. The largest absolute Gasteiger partial charge is 0.278 e. The van der Waals surface area contributed by atoms with Gasteiger partial charge in [-0.2, -0.15) is 0 Å². The molecule has 0 spiro atoms. The maximum absolute atomic E-state index is 5.18. The summed E-state index contributed by atoms with van der Waals surface area (Å²) in [5, 5.41) is 3.96. The van der Waals surface area contributed by atoms with E-state index in [0.717, 1.165) is 22.7 Å². The Kier molecular flexibility index (Phi) is 3.69. The van der Waals surface area contributed by atoms with Crippen LogP contribution in [0.2, 0.25) is 0 Å². The minimum atomic E-state index is 0.928. The van der Waals surface area contributed by atoms with Crippen LogP contribution in [0.5, 0.6) is 0 Å². The number of aromatic nitrogens is 3. The van der Waals surface area contributed by atoms with E-state index in [9.17, 15) is 0 Å². The van der Waals surface area contributed by atoms with E-state index in [0.29, 0.717) is 0 Å². The molecule has 0 fully saturated rings. The molecule has 0 saturated carbocycles. The van der Waals surface area contributed by atoms with Gasteiger partial charge in [-0.15, -0.1) is 22.7 Å². The van der Waals surface area contributed by atoms with Crippen molar-refractivity contribution in [1.82, 2.24) is 14.1 Å². The molecule has 3 nitrogen and oxygen atoms in total. The molecule has 0 aliphatic rings.